The van der Waals surface area contributed by atoms with E-state index in [0.717, 1.165) is 10.9 Å². The van der Waals surface area contributed by atoms with E-state index < -0.39 is 30.3 Å². The molecule has 0 aliphatic carbocycles. The fraction of sp³-hybridized carbons (Fsp3) is 0.417. The molecule has 1 unspecified atom stereocenters. The van der Waals surface area contributed by atoms with E-state index in [9.17, 15) is 14.3 Å². The van der Waals surface area contributed by atoms with Crippen LogP contribution >= 0.6 is 0 Å². The molecule has 6 rings (SSSR count). The molecule has 0 aromatic carbocycles. The van der Waals surface area contributed by atoms with Crippen LogP contribution in [-0.2, 0) is 9.47 Å². The lowest BCUT2D eigenvalue weighted by atomic mass is 10.1. The molecular formula is C24H26FN7O4. The topological polar surface area (TPSA) is 128 Å². The second-order valence-electron chi connectivity index (χ2n) is 9.03. The van der Waals surface area contributed by atoms with Crippen LogP contribution in [0.3, 0.4) is 0 Å². The highest BCUT2D eigenvalue weighted by atomic mass is 19.1. The van der Waals surface area contributed by atoms with Gasteiger partial charge in [0.25, 0.3) is 5.91 Å². The summed E-state index contributed by atoms with van der Waals surface area (Å²) in [6.45, 7) is 0.948. The molecule has 36 heavy (non-hydrogen) atoms. The minimum atomic E-state index is -1.15. The number of hydrogen-bond donors (Lipinski definition) is 3. The summed E-state index contributed by atoms with van der Waals surface area (Å²) < 4.78 is 28.8. The number of aliphatic hydroxyl groups is 1. The van der Waals surface area contributed by atoms with E-state index in [1.807, 2.05) is 29.0 Å². The third-order valence-corrected chi connectivity index (χ3v) is 6.81. The van der Waals surface area contributed by atoms with E-state index in [1.165, 1.54) is 6.20 Å². The number of ether oxygens (including phenoxy) is 2. The van der Waals surface area contributed by atoms with E-state index in [2.05, 4.69) is 20.7 Å². The van der Waals surface area contributed by atoms with Crippen LogP contribution in [0.5, 0.6) is 0 Å². The van der Waals surface area contributed by atoms with Gasteiger partial charge in [-0.15, -0.1) is 0 Å². The lowest BCUT2D eigenvalue weighted by molar-refractivity contribution is 0.00443. The lowest BCUT2D eigenvalue weighted by Gasteiger charge is -2.27. The summed E-state index contributed by atoms with van der Waals surface area (Å²) >= 11 is 0. The largest absolute Gasteiger partial charge is 0.388 e. The normalized spacial score (nSPS) is 24.4. The molecular weight excluding hydrogens is 469 g/mol. The first-order valence-electron chi connectivity index (χ1n) is 11.9. The molecule has 0 spiro atoms. The van der Waals surface area contributed by atoms with Crippen molar-refractivity contribution in [2.24, 2.45) is 0 Å². The number of nitrogens with one attached hydrogen (secondary N) is 2. The summed E-state index contributed by atoms with van der Waals surface area (Å²) in [7, 11) is 1.76. The molecule has 2 fully saturated rings. The van der Waals surface area contributed by atoms with Gasteiger partial charge in [0, 0.05) is 43.1 Å². The van der Waals surface area contributed by atoms with Gasteiger partial charge in [-0.2, -0.15) is 9.61 Å². The molecule has 0 saturated carbocycles. The maximum absolute atomic E-state index is 14.8. The van der Waals surface area contributed by atoms with Gasteiger partial charge in [-0.3, -0.25) is 4.79 Å². The van der Waals surface area contributed by atoms with Gasteiger partial charge in [-0.1, -0.05) is 0 Å². The Kier molecular flexibility index (Phi) is 5.78. The van der Waals surface area contributed by atoms with Crippen LogP contribution in [0.2, 0.25) is 0 Å². The van der Waals surface area contributed by atoms with E-state index in [4.69, 9.17) is 14.5 Å². The van der Waals surface area contributed by atoms with Gasteiger partial charge in [0.05, 0.1) is 49.9 Å². The van der Waals surface area contributed by atoms with Gasteiger partial charge >= 0.3 is 0 Å². The summed E-state index contributed by atoms with van der Waals surface area (Å²) in [5.74, 6) is 0.218. The molecule has 188 valence electrons. The first-order valence-corrected chi connectivity index (χ1v) is 11.9. The quantitative estimate of drug-likeness (QED) is 0.381. The minimum Gasteiger partial charge on any atom is -0.388 e. The Morgan fingerprint density at radius 2 is 2.14 bits per heavy atom. The van der Waals surface area contributed by atoms with Crippen molar-refractivity contribution in [2.45, 2.75) is 30.8 Å². The second kappa shape index (κ2) is 9.12. The molecule has 11 nitrogen and oxygen atoms in total. The first kappa shape index (κ1) is 22.8. The van der Waals surface area contributed by atoms with Crippen LogP contribution in [0, 0.1) is 0 Å². The molecule has 6 heterocycles. The highest BCUT2D eigenvalue weighted by molar-refractivity contribution is 6.01. The molecule has 0 bridgehead atoms. The number of nitrogens with zero attached hydrogens (tertiary/aromatic N) is 5. The molecule has 12 heteroatoms. The number of aromatic nitrogens is 5. The molecule has 1 amide bonds. The van der Waals surface area contributed by atoms with Gasteiger partial charge in [0.15, 0.2) is 5.65 Å². The maximum Gasteiger partial charge on any atom is 0.257 e. The first-order chi connectivity index (χ1) is 17.5. The third kappa shape index (κ3) is 3.77. The van der Waals surface area contributed by atoms with Crippen LogP contribution in [0.1, 0.15) is 22.8 Å². The maximum atomic E-state index is 14.8. The fourth-order valence-corrected chi connectivity index (χ4v) is 4.91. The van der Waals surface area contributed by atoms with E-state index >= 15 is 0 Å². The van der Waals surface area contributed by atoms with Crippen LogP contribution in [0.15, 0.2) is 36.8 Å². The summed E-state index contributed by atoms with van der Waals surface area (Å²) in [6.07, 6.45) is 3.64. The Hall–Kier alpha value is -3.61. The van der Waals surface area contributed by atoms with Gasteiger partial charge in [-0.05, 0) is 18.6 Å². The van der Waals surface area contributed by atoms with Gasteiger partial charge in [-0.25, -0.2) is 14.4 Å². The van der Waals surface area contributed by atoms with Crippen molar-refractivity contribution < 1.29 is 23.8 Å². The van der Waals surface area contributed by atoms with Crippen LogP contribution in [0.4, 0.5) is 10.2 Å². The molecule has 4 atom stereocenters. The van der Waals surface area contributed by atoms with Crippen molar-refractivity contribution in [2.75, 3.05) is 38.8 Å². The molecule has 2 saturated heterocycles. The Morgan fingerprint density at radius 1 is 1.25 bits per heavy atom. The van der Waals surface area contributed by atoms with Crippen molar-refractivity contribution in [3.8, 4) is 11.3 Å². The average molecular weight is 496 g/mol. The highest BCUT2D eigenvalue weighted by Gasteiger charge is 2.31. The van der Waals surface area contributed by atoms with E-state index in [-0.39, 0.29) is 25.4 Å². The molecule has 0 radical (unpaired) electrons. The standard InChI is InChI=1S/C24H26FN7O4/c1-26-21-7-17(29-23-14(8-28-32(21)23)24(34)30-18-11-36-12-20(18)33)15-9-31(19-4-6-35-10-16(19)25)22-13(15)3-2-5-27-22/h2-3,5,7-9,16,18-20,26,33H,4,6,10-12H2,1H3,(H,30,34)/t16-,18?,19+,20-/m1/s1. The smallest absolute Gasteiger partial charge is 0.257 e. The number of amides is 1. The Morgan fingerprint density at radius 3 is 2.92 bits per heavy atom. The molecule has 3 N–H and O–H groups in total. The molecule has 4 aromatic heterocycles. The molecule has 2 aliphatic rings. The van der Waals surface area contributed by atoms with Gasteiger partial charge in [0.2, 0.25) is 0 Å². The zero-order chi connectivity index (χ0) is 24.8. The Balaban J connectivity index is 1.46. The summed E-state index contributed by atoms with van der Waals surface area (Å²) in [5, 5.41) is 21.1. The molecule has 2 aliphatic heterocycles. The second-order valence-corrected chi connectivity index (χ2v) is 9.03. The van der Waals surface area contributed by atoms with Crippen molar-refractivity contribution >= 4 is 28.4 Å². The van der Waals surface area contributed by atoms with Crippen molar-refractivity contribution in [1.29, 1.82) is 0 Å². The van der Waals surface area contributed by atoms with Gasteiger partial charge < -0.3 is 29.8 Å². The van der Waals surface area contributed by atoms with E-state index in [0.29, 0.717) is 35.8 Å². The summed E-state index contributed by atoms with van der Waals surface area (Å²) in [6, 6.07) is 4.69. The van der Waals surface area contributed by atoms with Gasteiger partial charge in [0.1, 0.15) is 23.2 Å². The zero-order valence-electron chi connectivity index (χ0n) is 19.6. The van der Waals surface area contributed by atoms with Crippen LogP contribution in [0.25, 0.3) is 27.9 Å². The predicted octanol–water partition coefficient (Wildman–Crippen LogP) is 1.58. The van der Waals surface area contributed by atoms with E-state index in [1.54, 1.807) is 17.8 Å². The number of alkyl halides is 1. The number of pyridine rings is 1. The number of carbonyl (C=O) groups excluding carboxylic acids is 1. The van der Waals surface area contributed by atoms with Crippen molar-refractivity contribution in [3.05, 3.63) is 42.4 Å². The van der Waals surface area contributed by atoms with Crippen molar-refractivity contribution in [1.82, 2.24) is 29.5 Å². The molecule has 4 aromatic rings. The number of carbonyl (C=O) groups is 1. The lowest BCUT2D eigenvalue weighted by Crippen LogP contribution is -2.42. The number of hydrogen-bond acceptors (Lipinski definition) is 8. The van der Waals surface area contributed by atoms with Crippen LogP contribution < -0.4 is 10.6 Å². The monoisotopic (exact) mass is 495 g/mol. The van der Waals surface area contributed by atoms with Crippen molar-refractivity contribution in [3.63, 3.8) is 0 Å². The Bertz CT molecular complexity index is 1440. The summed E-state index contributed by atoms with van der Waals surface area (Å²) in [5.41, 5.74) is 2.63. The SMILES string of the molecule is CNc1cc(-c2cn([C@H]3CCOC[C@H]3F)c3ncccc23)nc2c(C(=O)NC3COC[C@H]3O)cnn12. The Labute approximate surface area is 205 Å². The number of fused-ring (bicyclic) bond motifs is 2. The van der Waals surface area contributed by atoms with Crippen LogP contribution in [-0.4, -0.2) is 87.0 Å². The number of halogens is 1. The summed E-state index contributed by atoms with van der Waals surface area (Å²) in [4.78, 5) is 22.4. The number of rotatable bonds is 5. The fourth-order valence-electron chi connectivity index (χ4n) is 4.91. The minimum absolute atomic E-state index is 0.0512. The zero-order valence-corrected chi connectivity index (χ0v) is 19.6. The number of anilines is 1. The highest BCUT2D eigenvalue weighted by Crippen LogP contribution is 2.35. The third-order valence-electron chi connectivity index (χ3n) is 6.81. The average Bonchev–Trinajstić information content (AvgIpc) is 3.61. The predicted molar refractivity (Wildman–Crippen MR) is 129 cm³/mol. The number of aliphatic hydroxyl groups excluding tert-OH is 1.